The Labute approximate surface area is 83.1 Å². The third kappa shape index (κ3) is 3.24. The van der Waals surface area contributed by atoms with E-state index >= 15 is 0 Å². The number of carboxylic acids is 1. The van der Waals surface area contributed by atoms with Crippen molar-refractivity contribution in [1.82, 2.24) is 10.2 Å². The van der Waals surface area contributed by atoms with E-state index in [0.717, 1.165) is 25.7 Å². The number of nitrogens with one attached hydrogen (secondary N) is 1. The number of carbonyl (C=O) groups excluding carboxylic acids is 1. The third-order valence-electron chi connectivity index (χ3n) is 2.40. The molecule has 0 aromatic rings. The molecule has 0 bridgehead atoms. The molecule has 0 aliphatic heterocycles. The maximum absolute atomic E-state index is 11.4. The molecule has 5 nitrogen and oxygen atoms in total. The fourth-order valence-corrected chi connectivity index (χ4v) is 1.63. The lowest BCUT2D eigenvalue weighted by atomic mass is 10.2. The highest BCUT2D eigenvalue weighted by Crippen LogP contribution is 2.17. The van der Waals surface area contributed by atoms with Crippen molar-refractivity contribution in [1.29, 1.82) is 0 Å². The zero-order valence-electron chi connectivity index (χ0n) is 8.32. The van der Waals surface area contributed by atoms with Crippen molar-refractivity contribution in [2.45, 2.75) is 31.7 Å². The molecule has 0 unspecified atom stereocenters. The van der Waals surface area contributed by atoms with E-state index in [1.807, 2.05) is 0 Å². The fraction of sp³-hybridized carbons (Fsp3) is 0.778. The van der Waals surface area contributed by atoms with Crippen LogP contribution in [-0.2, 0) is 4.79 Å². The Hall–Kier alpha value is -1.26. The van der Waals surface area contributed by atoms with Crippen molar-refractivity contribution < 1.29 is 14.7 Å². The smallest absolute Gasteiger partial charge is 0.323 e. The Bertz CT molecular complexity index is 224. The Kier molecular flexibility index (Phi) is 3.73. The molecule has 80 valence electrons. The van der Waals surface area contributed by atoms with E-state index in [9.17, 15) is 9.59 Å². The van der Waals surface area contributed by atoms with Gasteiger partial charge in [-0.05, 0) is 12.8 Å². The van der Waals surface area contributed by atoms with Gasteiger partial charge in [-0.25, -0.2) is 4.79 Å². The predicted molar refractivity (Wildman–Crippen MR) is 51.1 cm³/mol. The SMILES string of the molecule is CN(CC(=O)O)C(=O)NC1CCCC1. The number of amides is 2. The molecule has 0 aromatic carbocycles. The lowest BCUT2D eigenvalue weighted by molar-refractivity contribution is -0.137. The number of aliphatic carboxylic acids is 1. The van der Waals surface area contributed by atoms with Crippen molar-refractivity contribution in [2.75, 3.05) is 13.6 Å². The van der Waals surface area contributed by atoms with Crippen LogP contribution in [-0.4, -0.2) is 41.6 Å². The molecule has 0 aromatic heterocycles. The van der Waals surface area contributed by atoms with Gasteiger partial charge in [-0.3, -0.25) is 4.79 Å². The fourth-order valence-electron chi connectivity index (χ4n) is 1.63. The van der Waals surface area contributed by atoms with Gasteiger partial charge in [-0.1, -0.05) is 12.8 Å². The first-order chi connectivity index (χ1) is 6.59. The van der Waals surface area contributed by atoms with Gasteiger partial charge in [0.15, 0.2) is 0 Å². The molecule has 14 heavy (non-hydrogen) atoms. The molecule has 2 amide bonds. The first kappa shape index (κ1) is 10.8. The first-order valence-corrected chi connectivity index (χ1v) is 4.83. The van der Waals surface area contributed by atoms with E-state index in [4.69, 9.17) is 5.11 Å². The van der Waals surface area contributed by atoms with E-state index in [1.165, 1.54) is 11.9 Å². The summed E-state index contributed by atoms with van der Waals surface area (Å²) in [6.07, 6.45) is 4.31. The number of likely N-dealkylation sites (N-methyl/N-ethyl adjacent to an activating group) is 1. The number of carbonyl (C=O) groups is 2. The minimum Gasteiger partial charge on any atom is -0.480 e. The van der Waals surface area contributed by atoms with Gasteiger partial charge in [-0.2, -0.15) is 0 Å². The molecular weight excluding hydrogens is 184 g/mol. The van der Waals surface area contributed by atoms with Gasteiger partial charge in [0.2, 0.25) is 0 Å². The highest BCUT2D eigenvalue weighted by Gasteiger charge is 2.19. The Morgan fingerprint density at radius 1 is 1.43 bits per heavy atom. The molecule has 0 spiro atoms. The zero-order chi connectivity index (χ0) is 10.6. The van der Waals surface area contributed by atoms with Crippen LogP contribution in [0.1, 0.15) is 25.7 Å². The van der Waals surface area contributed by atoms with Crippen LogP contribution in [0.2, 0.25) is 0 Å². The van der Waals surface area contributed by atoms with Crippen molar-refractivity contribution in [3.05, 3.63) is 0 Å². The topological polar surface area (TPSA) is 69.6 Å². The molecule has 1 aliphatic rings. The van der Waals surface area contributed by atoms with E-state index in [-0.39, 0.29) is 18.6 Å². The second-order valence-corrected chi connectivity index (χ2v) is 3.68. The highest BCUT2D eigenvalue weighted by molar-refractivity contribution is 5.79. The molecule has 2 N–H and O–H groups in total. The monoisotopic (exact) mass is 200 g/mol. The van der Waals surface area contributed by atoms with Gasteiger partial charge in [0.25, 0.3) is 0 Å². The van der Waals surface area contributed by atoms with E-state index in [0.29, 0.717) is 0 Å². The number of hydrogen-bond donors (Lipinski definition) is 2. The van der Waals surface area contributed by atoms with Crippen LogP contribution in [0.4, 0.5) is 4.79 Å². The van der Waals surface area contributed by atoms with Gasteiger partial charge in [0.05, 0.1) is 0 Å². The van der Waals surface area contributed by atoms with Crippen LogP contribution in [0, 0.1) is 0 Å². The van der Waals surface area contributed by atoms with Crippen LogP contribution in [0.25, 0.3) is 0 Å². The van der Waals surface area contributed by atoms with Crippen LogP contribution in [0.5, 0.6) is 0 Å². The summed E-state index contributed by atoms with van der Waals surface area (Å²) < 4.78 is 0. The number of nitrogens with zero attached hydrogens (tertiary/aromatic N) is 1. The lowest BCUT2D eigenvalue weighted by Crippen LogP contribution is -2.43. The van der Waals surface area contributed by atoms with Crippen LogP contribution in [0.3, 0.4) is 0 Å². The molecule has 1 rings (SSSR count). The zero-order valence-corrected chi connectivity index (χ0v) is 8.32. The van der Waals surface area contributed by atoms with E-state index < -0.39 is 5.97 Å². The molecule has 0 heterocycles. The summed E-state index contributed by atoms with van der Waals surface area (Å²) in [5.41, 5.74) is 0. The molecule has 0 atom stereocenters. The average Bonchev–Trinajstić information content (AvgIpc) is 2.55. The van der Waals surface area contributed by atoms with Crippen molar-refractivity contribution in [3.8, 4) is 0 Å². The third-order valence-corrected chi connectivity index (χ3v) is 2.40. The molecule has 0 radical (unpaired) electrons. The molecule has 1 aliphatic carbocycles. The molecular formula is C9H16N2O3. The highest BCUT2D eigenvalue weighted by atomic mass is 16.4. The average molecular weight is 200 g/mol. The quantitative estimate of drug-likeness (QED) is 0.703. The summed E-state index contributed by atoms with van der Waals surface area (Å²) in [7, 11) is 1.48. The number of carboxylic acid groups (broad SMARTS) is 1. The predicted octanol–water partition coefficient (Wildman–Crippen LogP) is 0.655. The largest absolute Gasteiger partial charge is 0.480 e. The van der Waals surface area contributed by atoms with Crippen molar-refractivity contribution in [2.24, 2.45) is 0 Å². The summed E-state index contributed by atoms with van der Waals surface area (Å²) in [6.45, 7) is -0.251. The minimum absolute atomic E-state index is 0.235. The van der Waals surface area contributed by atoms with Crippen LogP contribution >= 0.6 is 0 Å². The molecule has 1 fully saturated rings. The maximum Gasteiger partial charge on any atom is 0.323 e. The lowest BCUT2D eigenvalue weighted by Gasteiger charge is -2.19. The summed E-state index contributed by atoms with van der Waals surface area (Å²) in [4.78, 5) is 22.9. The second-order valence-electron chi connectivity index (χ2n) is 3.68. The van der Waals surface area contributed by atoms with E-state index in [2.05, 4.69) is 5.32 Å². The van der Waals surface area contributed by atoms with Crippen molar-refractivity contribution >= 4 is 12.0 Å². The first-order valence-electron chi connectivity index (χ1n) is 4.83. The van der Waals surface area contributed by atoms with E-state index in [1.54, 1.807) is 0 Å². The maximum atomic E-state index is 11.4. The number of urea groups is 1. The van der Waals surface area contributed by atoms with Gasteiger partial charge < -0.3 is 15.3 Å². The van der Waals surface area contributed by atoms with Crippen LogP contribution < -0.4 is 5.32 Å². The standard InChI is InChI=1S/C9H16N2O3/c1-11(6-8(12)13)9(14)10-7-4-2-3-5-7/h7H,2-6H2,1H3,(H,10,14)(H,12,13). The summed E-state index contributed by atoms with van der Waals surface area (Å²) in [6, 6.07) is -0.0574. The summed E-state index contributed by atoms with van der Waals surface area (Å²) in [5.74, 6) is -0.992. The molecule has 0 saturated heterocycles. The number of rotatable bonds is 3. The Balaban J connectivity index is 2.29. The second kappa shape index (κ2) is 4.83. The number of hydrogen-bond acceptors (Lipinski definition) is 2. The molecule has 5 heteroatoms. The van der Waals surface area contributed by atoms with Gasteiger partial charge in [0.1, 0.15) is 6.54 Å². The summed E-state index contributed by atoms with van der Waals surface area (Å²) >= 11 is 0. The van der Waals surface area contributed by atoms with Crippen molar-refractivity contribution in [3.63, 3.8) is 0 Å². The van der Waals surface area contributed by atoms with Gasteiger partial charge in [0, 0.05) is 13.1 Å². The Morgan fingerprint density at radius 2 is 2.00 bits per heavy atom. The normalized spacial score (nSPS) is 16.6. The molecule has 1 saturated carbocycles. The van der Waals surface area contributed by atoms with Gasteiger partial charge >= 0.3 is 12.0 Å². The minimum atomic E-state index is -0.992. The Morgan fingerprint density at radius 3 is 2.50 bits per heavy atom. The van der Waals surface area contributed by atoms with Crippen LogP contribution in [0.15, 0.2) is 0 Å². The van der Waals surface area contributed by atoms with Gasteiger partial charge in [-0.15, -0.1) is 0 Å². The summed E-state index contributed by atoms with van der Waals surface area (Å²) in [5, 5.41) is 11.3.